The molecule has 4 rings (SSSR count). The van der Waals surface area contributed by atoms with Gasteiger partial charge in [0.2, 0.25) is 0 Å². The van der Waals surface area contributed by atoms with Gasteiger partial charge < -0.3 is 5.32 Å². The predicted molar refractivity (Wildman–Crippen MR) is 84.1 cm³/mol. The summed E-state index contributed by atoms with van der Waals surface area (Å²) in [6.45, 7) is 0. The molecule has 21 heavy (non-hydrogen) atoms. The molecule has 2 aliphatic rings. The molecule has 0 bridgehead atoms. The molecule has 0 aromatic heterocycles. The van der Waals surface area contributed by atoms with E-state index >= 15 is 0 Å². The lowest BCUT2D eigenvalue weighted by atomic mass is 10.0. The van der Waals surface area contributed by atoms with Crippen molar-refractivity contribution in [2.75, 3.05) is 5.32 Å². The summed E-state index contributed by atoms with van der Waals surface area (Å²) in [7, 11) is 0. The number of hydrogen-bond donors (Lipinski definition) is 1. The Balaban J connectivity index is 1.98. The molecule has 2 aromatic carbocycles. The predicted octanol–water partition coefficient (Wildman–Crippen LogP) is 3.66. The van der Waals surface area contributed by atoms with Crippen molar-refractivity contribution in [2.45, 2.75) is 18.4 Å². The molecule has 1 heterocycles. The summed E-state index contributed by atoms with van der Waals surface area (Å²) in [6.07, 6.45) is 1.58. The van der Waals surface area contributed by atoms with Crippen LogP contribution >= 0.6 is 11.6 Å². The Morgan fingerprint density at radius 2 is 1.81 bits per heavy atom. The molecule has 1 saturated carbocycles. The van der Waals surface area contributed by atoms with Crippen LogP contribution in [0.15, 0.2) is 53.5 Å². The van der Waals surface area contributed by atoms with Gasteiger partial charge >= 0.3 is 0 Å². The van der Waals surface area contributed by atoms with Gasteiger partial charge in [-0.2, -0.15) is 0 Å². The van der Waals surface area contributed by atoms with Gasteiger partial charge in [-0.05, 0) is 18.9 Å². The second kappa shape index (κ2) is 4.43. The first-order chi connectivity index (χ1) is 10.2. The lowest BCUT2D eigenvalue weighted by molar-refractivity contribution is -0.118. The Labute approximate surface area is 127 Å². The number of halogens is 1. The third-order valence-electron chi connectivity index (χ3n) is 4.03. The molecule has 0 unspecified atom stereocenters. The number of aliphatic imine (C=N–C) groups is 1. The highest BCUT2D eigenvalue weighted by molar-refractivity contribution is 6.36. The van der Waals surface area contributed by atoms with E-state index in [0.717, 1.165) is 29.7 Å². The van der Waals surface area contributed by atoms with Crippen molar-refractivity contribution in [1.82, 2.24) is 0 Å². The molecular formula is C17H13ClN2O. The number of rotatable bonds is 1. The Morgan fingerprint density at radius 3 is 2.52 bits per heavy atom. The summed E-state index contributed by atoms with van der Waals surface area (Å²) in [6, 6.07) is 15.6. The number of hydrogen-bond acceptors (Lipinski definition) is 2. The van der Waals surface area contributed by atoms with Crippen LogP contribution in [-0.4, -0.2) is 17.2 Å². The maximum absolute atomic E-state index is 12.4. The average Bonchev–Trinajstić information content (AvgIpc) is 3.30. The van der Waals surface area contributed by atoms with Crippen LogP contribution in [-0.2, 0) is 4.79 Å². The number of carbonyl (C=O) groups is 1. The third kappa shape index (κ3) is 1.96. The van der Waals surface area contributed by atoms with Crippen molar-refractivity contribution in [1.29, 1.82) is 0 Å². The van der Waals surface area contributed by atoms with Crippen molar-refractivity contribution in [3.8, 4) is 0 Å². The zero-order valence-corrected chi connectivity index (χ0v) is 12.0. The maximum atomic E-state index is 12.4. The van der Waals surface area contributed by atoms with Crippen molar-refractivity contribution in [3.63, 3.8) is 0 Å². The summed E-state index contributed by atoms with van der Waals surface area (Å²) in [4.78, 5) is 17.2. The number of amides is 1. The minimum absolute atomic E-state index is 0.0530. The minimum atomic E-state index is -0.604. The summed E-state index contributed by atoms with van der Waals surface area (Å²) >= 11 is 6.28. The van der Waals surface area contributed by atoms with E-state index in [2.05, 4.69) is 5.32 Å². The van der Waals surface area contributed by atoms with E-state index in [4.69, 9.17) is 16.6 Å². The highest BCUT2D eigenvalue weighted by Gasteiger charge is 2.51. The Bertz CT molecular complexity index is 764. The van der Waals surface area contributed by atoms with E-state index in [9.17, 15) is 4.79 Å². The summed E-state index contributed by atoms with van der Waals surface area (Å²) in [5.41, 5.74) is 2.78. The monoisotopic (exact) mass is 296 g/mol. The van der Waals surface area contributed by atoms with Gasteiger partial charge in [-0.3, -0.25) is 9.79 Å². The summed E-state index contributed by atoms with van der Waals surface area (Å²) in [5.74, 6) is -0.0530. The lowest BCUT2D eigenvalue weighted by Crippen LogP contribution is -2.27. The number of para-hydroxylation sites is 1. The molecular weight excluding hydrogens is 284 g/mol. The van der Waals surface area contributed by atoms with Crippen LogP contribution in [0, 0.1) is 0 Å². The van der Waals surface area contributed by atoms with Crippen LogP contribution in [0.25, 0.3) is 0 Å². The van der Waals surface area contributed by atoms with E-state index < -0.39 is 5.54 Å². The molecule has 0 radical (unpaired) electrons. The fourth-order valence-electron chi connectivity index (χ4n) is 2.68. The minimum Gasteiger partial charge on any atom is -0.322 e. The highest BCUT2D eigenvalue weighted by Crippen LogP contribution is 2.45. The number of anilines is 1. The summed E-state index contributed by atoms with van der Waals surface area (Å²) < 4.78 is 0. The van der Waals surface area contributed by atoms with Crippen LogP contribution in [0.4, 0.5) is 5.69 Å². The van der Waals surface area contributed by atoms with E-state index in [1.165, 1.54) is 0 Å². The number of fused-ring (bicyclic) bond motifs is 1. The molecule has 1 amide bonds. The van der Waals surface area contributed by atoms with Crippen LogP contribution in [0.5, 0.6) is 0 Å². The Hall–Kier alpha value is -2.13. The van der Waals surface area contributed by atoms with Crippen molar-refractivity contribution >= 4 is 28.9 Å². The molecule has 1 N–H and O–H groups in total. The second-order valence-corrected chi connectivity index (χ2v) is 5.88. The first kappa shape index (κ1) is 12.6. The van der Waals surface area contributed by atoms with E-state index in [0.29, 0.717) is 10.7 Å². The molecule has 1 aliphatic heterocycles. The average molecular weight is 297 g/mol. The van der Waals surface area contributed by atoms with Gasteiger partial charge in [0.25, 0.3) is 5.91 Å². The van der Waals surface area contributed by atoms with Crippen molar-refractivity contribution in [2.24, 2.45) is 4.99 Å². The van der Waals surface area contributed by atoms with E-state index in [1.54, 1.807) is 6.07 Å². The first-order valence-corrected chi connectivity index (χ1v) is 7.33. The topological polar surface area (TPSA) is 41.5 Å². The Kier molecular flexibility index (Phi) is 2.66. The Morgan fingerprint density at radius 1 is 1.05 bits per heavy atom. The highest BCUT2D eigenvalue weighted by atomic mass is 35.5. The standard InChI is InChI=1S/C17H13ClN2O/c18-13-8-4-7-12-14(11-5-2-1-3-6-11)20-17(9-10-17)16(21)19-15(12)13/h1-8H,9-10H2,(H,19,21). The van der Waals surface area contributed by atoms with Gasteiger partial charge in [-0.1, -0.05) is 54.1 Å². The van der Waals surface area contributed by atoms with Gasteiger partial charge in [0.05, 0.1) is 16.4 Å². The van der Waals surface area contributed by atoms with Crippen LogP contribution in [0.1, 0.15) is 24.0 Å². The molecule has 2 aromatic rings. The number of nitrogens with zero attached hydrogens (tertiary/aromatic N) is 1. The molecule has 104 valence electrons. The fourth-order valence-corrected chi connectivity index (χ4v) is 2.90. The fraction of sp³-hybridized carbons (Fsp3) is 0.176. The molecule has 1 spiro atoms. The van der Waals surface area contributed by atoms with Crippen molar-refractivity contribution in [3.05, 3.63) is 64.7 Å². The zero-order chi connectivity index (χ0) is 14.4. The summed E-state index contributed by atoms with van der Waals surface area (Å²) in [5, 5.41) is 3.50. The van der Waals surface area contributed by atoms with E-state index in [-0.39, 0.29) is 5.91 Å². The molecule has 0 saturated heterocycles. The van der Waals surface area contributed by atoms with Crippen LogP contribution in [0.3, 0.4) is 0 Å². The third-order valence-corrected chi connectivity index (χ3v) is 4.34. The van der Waals surface area contributed by atoms with Gasteiger partial charge in [0.1, 0.15) is 5.54 Å². The molecule has 1 aliphatic carbocycles. The number of benzene rings is 2. The van der Waals surface area contributed by atoms with Crippen LogP contribution < -0.4 is 5.32 Å². The van der Waals surface area contributed by atoms with Gasteiger partial charge in [-0.15, -0.1) is 0 Å². The second-order valence-electron chi connectivity index (χ2n) is 5.47. The van der Waals surface area contributed by atoms with E-state index in [1.807, 2.05) is 42.5 Å². The van der Waals surface area contributed by atoms with Gasteiger partial charge in [0.15, 0.2) is 0 Å². The van der Waals surface area contributed by atoms with Gasteiger partial charge in [-0.25, -0.2) is 0 Å². The molecule has 0 atom stereocenters. The molecule has 3 nitrogen and oxygen atoms in total. The normalized spacial score (nSPS) is 18.5. The SMILES string of the molecule is O=C1Nc2c(Cl)cccc2C(c2ccccc2)=NC12CC2. The number of carbonyl (C=O) groups excluding carboxylic acids is 1. The smallest absolute Gasteiger partial charge is 0.252 e. The van der Waals surface area contributed by atoms with Gasteiger partial charge in [0, 0.05) is 11.1 Å². The van der Waals surface area contributed by atoms with Crippen molar-refractivity contribution < 1.29 is 4.79 Å². The first-order valence-electron chi connectivity index (χ1n) is 6.95. The number of nitrogens with one attached hydrogen (secondary N) is 1. The lowest BCUT2D eigenvalue weighted by Gasteiger charge is -2.11. The van der Waals surface area contributed by atoms with Crippen LogP contribution in [0.2, 0.25) is 5.02 Å². The largest absolute Gasteiger partial charge is 0.322 e. The quantitative estimate of drug-likeness (QED) is 0.857. The molecule has 4 heteroatoms. The maximum Gasteiger partial charge on any atom is 0.252 e. The zero-order valence-electron chi connectivity index (χ0n) is 11.3. The molecule has 1 fully saturated rings.